The summed E-state index contributed by atoms with van der Waals surface area (Å²) in [6.45, 7) is 13.8. The van der Waals surface area contributed by atoms with Crippen LogP contribution in [0.5, 0.6) is 23.0 Å². The number of nitrogens with zero attached hydrogens (tertiary/aromatic N) is 6. The highest BCUT2D eigenvalue weighted by Gasteiger charge is 2.27. The first-order valence-electron chi connectivity index (χ1n) is 32.4. The van der Waals surface area contributed by atoms with Gasteiger partial charge in [-0.1, -0.05) is 0 Å². The summed E-state index contributed by atoms with van der Waals surface area (Å²) in [4.78, 5) is 146. The normalized spacial score (nSPS) is 13.5. The molecule has 0 spiro atoms. The van der Waals surface area contributed by atoms with Crippen molar-refractivity contribution >= 4 is 200 Å². The molecule has 5 heterocycles. The molecule has 5 amide bonds. The number of carboxylic acids is 1. The van der Waals surface area contributed by atoms with Crippen LogP contribution in [0.25, 0.3) is 11.0 Å². The van der Waals surface area contributed by atoms with Crippen molar-refractivity contribution in [3.63, 3.8) is 0 Å². The van der Waals surface area contributed by atoms with Gasteiger partial charge in [-0.3, -0.25) is 47.9 Å². The average molecular weight is 1940 g/mol. The van der Waals surface area contributed by atoms with Gasteiger partial charge in [-0.25, -0.2) is 14.2 Å². The fourth-order valence-electron chi connectivity index (χ4n) is 9.58. The van der Waals surface area contributed by atoms with Crippen molar-refractivity contribution in [2.45, 2.75) is 27.2 Å². The number of carbonyl (C=O) groups excluding carboxylic acids is 10. The van der Waals surface area contributed by atoms with Gasteiger partial charge in [-0.2, -0.15) is 0 Å². The fraction of sp³-hybridized carbons (Fsp3) is 0.366. The number of anilines is 1. The second-order valence-electron chi connectivity index (χ2n) is 23.5. The van der Waals surface area contributed by atoms with Gasteiger partial charge in [0.25, 0.3) is 17.7 Å². The zero-order chi connectivity index (χ0) is 81.8. The molecule has 0 saturated carbocycles. The minimum atomic E-state index is -1.15. The van der Waals surface area contributed by atoms with Crippen molar-refractivity contribution in [2.24, 2.45) is 0 Å². The van der Waals surface area contributed by atoms with Crippen molar-refractivity contribution in [3.8, 4) is 23.0 Å². The Morgan fingerprint density at radius 2 is 0.891 bits per heavy atom. The summed E-state index contributed by atoms with van der Waals surface area (Å²) in [6, 6.07) is 15.4. The second kappa shape index (κ2) is 47.0. The SMILES string of the molecule is CC(=O)c1cc(C(=O)O)cc(Br)c1O.CN(C)C(=O)c1cc(Br)c(O)c(C(=O)CC(=O)N2CCOCC2)c1.CN(C)C(=O)c1cc(Br)c2oc(N3CCOCC3)cc(=O)c2c1.CNC(=O)c1cc(Br)c(O)c(C(C)=O)c1.COC(=O)c1cc(Br)c(O)c(C(C)=O)c1.ClC(Cl)=[N+]1CCOCC1.O=C(Cl)N1CCOCC1.[Cl-]. The van der Waals surface area contributed by atoms with Gasteiger partial charge >= 0.3 is 21.9 Å². The molecule has 10 rings (SSSR count). The van der Waals surface area contributed by atoms with Gasteiger partial charge in [-0.05, 0) is 173 Å². The van der Waals surface area contributed by atoms with Crippen LogP contribution in [-0.2, 0) is 28.5 Å². The number of aromatic carboxylic acids is 1. The molecule has 0 radical (unpaired) electrons. The number of halogens is 9. The number of benzene rings is 5. The molecular formula is C71H78Br5Cl4N7O23. The number of methoxy groups -OCH3 is 1. The highest BCUT2D eigenvalue weighted by Crippen LogP contribution is 2.35. The van der Waals surface area contributed by atoms with Crippen molar-refractivity contribution in [1.82, 2.24) is 24.9 Å². The molecule has 4 aliphatic heterocycles. The standard InChI is InChI=1S/C16H19BrN2O5.C16H17BrN2O4.C10H10BrNO3.C10H9BrO4.C9H7BrO4.C5H8Cl2NO.C5H8ClNO2.ClH/c1-18(2)16(23)10-7-11(15(22)12(17)8-10)13(20)9-14(21)19-3-5-24-6-4-19;1-18(2)16(21)10-7-11-13(20)9-14(19-3-5-22-6-4-19)23-15(11)12(17)8-10;1-5(13)7-3-6(10(15)12-2)4-8(11)9(7)14;1-5(12)7-3-6(10(14)15-2)4-8(11)9(7)13;1-4(11)6-2-5(9(13)14)3-7(10)8(6)12;6-5(7)8-1-3-9-4-2-8;6-5(8)7-1-3-9-4-2-7;/h7-8,22H,3-6,9H2,1-2H3;7-9H,3-6H2,1-2H3;3-4,14H,1-2H3,(H,12,15);3-4,13H,1-2H3;2-3,12H,1H3,(H,13,14);2*1-4H2;1H/q;;;;;+1;;/p-1. The third-order valence-corrected chi connectivity index (χ3v) is 19.2. The molecule has 4 fully saturated rings. The average Bonchev–Trinajstić information content (AvgIpc) is 0.758. The zero-order valence-corrected chi connectivity index (χ0v) is 71.5. The Bertz CT molecular complexity index is 4380. The molecule has 0 aliphatic carbocycles. The van der Waals surface area contributed by atoms with Crippen LogP contribution >= 0.6 is 114 Å². The van der Waals surface area contributed by atoms with Crippen molar-refractivity contribution < 1.29 is 123 Å². The number of phenolic OH excluding ortho intramolecular Hbond substituents is 4. The van der Waals surface area contributed by atoms with Gasteiger partial charge in [-0.15, -0.1) is 0 Å². The van der Waals surface area contributed by atoms with E-state index >= 15 is 0 Å². The number of hydrogen-bond donors (Lipinski definition) is 6. The number of carbonyl (C=O) groups is 11. The van der Waals surface area contributed by atoms with Crippen LogP contribution in [0.4, 0.5) is 10.7 Å². The van der Waals surface area contributed by atoms with Crippen molar-refractivity contribution in [2.75, 3.05) is 152 Å². The maximum Gasteiger partial charge on any atom is 0.341 e. The Balaban J connectivity index is 0.000000341. The number of amides is 5. The fourth-order valence-corrected chi connectivity index (χ4v) is 12.5. The van der Waals surface area contributed by atoms with E-state index in [0.29, 0.717) is 120 Å². The number of ether oxygens (including phenoxy) is 5. The Morgan fingerprint density at radius 3 is 1.29 bits per heavy atom. The molecule has 6 aromatic rings. The van der Waals surface area contributed by atoms with Crippen LogP contribution in [0.2, 0.25) is 0 Å². The minimum Gasteiger partial charge on any atom is -1.00 e. The number of carboxylic acid groups (broad SMARTS) is 1. The predicted octanol–water partition coefficient (Wildman–Crippen LogP) is 7.84. The summed E-state index contributed by atoms with van der Waals surface area (Å²) in [6.07, 6.45) is -0.361. The molecule has 0 unspecified atom stereocenters. The molecule has 4 saturated heterocycles. The van der Waals surface area contributed by atoms with E-state index in [4.69, 9.17) is 63.3 Å². The lowest BCUT2D eigenvalue weighted by molar-refractivity contribution is -0.545. The third-order valence-electron chi connectivity index (χ3n) is 15.4. The highest BCUT2D eigenvalue weighted by molar-refractivity contribution is 9.11. The molecule has 0 bridgehead atoms. The van der Waals surface area contributed by atoms with Crippen LogP contribution in [0.15, 0.2) is 98.3 Å². The molecule has 39 heteroatoms. The molecular weight excluding hydrogens is 1860 g/mol. The third kappa shape index (κ3) is 29.1. The molecule has 598 valence electrons. The first kappa shape index (κ1) is 96.5. The molecule has 110 heavy (non-hydrogen) atoms. The maximum absolute atomic E-state index is 12.5. The summed E-state index contributed by atoms with van der Waals surface area (Å²) >= 11 is 31.9. The summed E-state index contributed by atoms with van der Waals surface area (Å²) in [5.41, 5.74) is 1.66. The second-order valence-corrected chi connectivity index (χ2v) is 29.0. The number of phenols is 4. The van der Waals surface area contributed by atoms with E-state index in [1.165, 1.54) is 93.3 Å². The van der Waals surface area contributed by atoms with E-state index in [1.54, 1.807) is 50.1 Å². The van der Waals surface area contributed by atoms with Gasteiger partial charge in [0, 0.05) is 120 Å². The highest BCUT2D eigenvalue weighted by atomic mass is 79.9. The number of rotatable bonds is 12. The lowest BCUT2D eigenvalue weighted by Gasteiger charge is -2.27. The number of fused-ring (bicyclic) bond motifs is 1. The quantitative estimate of drug-likeness (QED) is 0.0170. The van der Waals surface area contributed by atoms with Gasteiger partial charge in [0.15, 0.2) is 53.1 Å². The van der Waals surface area contributed by atoms with E-state index in [9.17, 15) is 78.0 Å². The van der Waals surface area contributed by atoms with Gasteiger partial charge in [0.2, 0.25) is 5.91 Å². The summed E-state index contributed by atoms with van der Waals surface area (Å²) in [5.74, 6) is -4.61. The van der Waals surface area contributed by atoms with Gasteiger partial charge in [0.1, 0.15) is 36.2 Å². The predicted molar refractivity (Wildman–Crippen MR) is 422 cm³/mol. The Labute approximate surface area is 694 Å². The summed E-state index contributed by atoms with van der Waals surface area (Å²) in [5, 5.41) is 49.7. The number of hydrogen-bond acceptors (Lipinski definition) is 23. The minimum absolute atomic E-state index is 0. The van der Waals surface area contributed by atoms with E-state index in [-0.39, 0.29) is 146 Å². The Kier molecular flexibility index (Phi) is 41.3. The van der Waals surface area contributed by atoms with E-state index in [2.05, 4.69) is 89.7 Å². The number of ketones is 4. The van der Waals surface area contributed by atoms with Gasteiger partial charge in [0.05, 0.1) is 114 Å². The topological polar surface area (TPSA) is 397 Å². The van der Waals surface area contributed by atoms with Crippen LogP contribution in [0, 0.1) is 0 Å². The number of aromatic hydroxyl groups is 4. The first-order chi connectivity index (χ1) is 51.3. The smallest absolute Gasteiger partial charge is 0.341 e. The zero-order valence-electron chi connectivity index (χ0n) is 60.5. The summed E-state index contributed by atoms with van der Waals surface area (Å²) in [7, 11) is 9.26. The lowest BCUT2D eigenvalue weighted by Crippen LogP contribution is -3.00. The van der Waals surface area contributed by atoms with Crippen molar-refractivity contribution in [1.29, 1.82) is 0 Å². The number of esters is 1. The molecule has 1 aromatic heterocycles. The largest absolute Gasteiger partial charge is 1.00 e. The Morgan fingerprint density at radius 1 is 0.518 bits per heavy atom. The lowest BCUT2D eigenvalue weighted by atomic mass is 10.0. The van der Waals surface area contributed by atoms with Crippen LogP contribution in [-0.4, -0.2) is 266 Å². The number of nitrogens with one attached hydrogen (secondary N) is 1. The molecule has 6 N–H and O–H groups in total. The van der Waals surface area contributed by atoms with Crippen LogP contribution in [0.1, 0.15) is 120 Å². The Hall–Kier alpha value is -7.65. The molecule has 4 aliphatic rings. The maximum atomic E-state index is 12.5. The molecule has 5 aromatic carbocycles. The summed E-state index contributed by atoms with van der Waals surface area (Å²) < 4.78 is 34.8. The van der Waals surface area contributed by atoms with E-state index in [1.807, 2.05) is 9.48 Å². The van der Waals surface area contributed by atoms with Crippen LogP contribution < -0.4 is 28.1 Å². The molecule has 0 atom stereocenters. The number of Topliss-reactive ketones (excluding diaryl/α,β-unsaturated/α-hetero) is 4. The van der Waals surface area contributed by atoms with E-state index in [0.717, 1.165) is 32.4 Å². The molecule has 30 nitrogen and oxygen atoms in total. The van der Waals surface area contributed by atoms with E-state index < -0.39 is 17.7 Å². The van der Waals surface area contributed by atoms with Crippen LogP contribution in [0.3, 0.4) is 0 Å². The van der Waals surface area contributed by atoms with Gasteiger partial charge < -0.3 is 95.9 Å². The van der Waals surface area contributed by atoms with Crippen molar-refractivity contribution in [3.05, 3.63) is 149 Å². The first-order valence-corrected chi connectivity index (χ1v) is 37.5. The number of morpholine rings is 4. The monoisotopic (exact) mass is 1930 g/mol.